The van der Waals surface area contributed by atoms with Crippen LogP contribution in [0.2, 0.25) is 0 Å². The lowest BCUT2D eigenvalue weighted by Crippen LogP contribution is -2.37. The molecule has 10 nitrogen and oxygen atoms in total. The molecular formula is C31H35N7O3. The Morgan fingerprint density at radius 1 is 1.02 bits per heavy atom. The van der Waals surface area contributed by atoms with Gasteiger partial charge in [-0.25, -0.2) is 9.97 Å². The Labute approximate surface area is 239 Å². The second-order valence-electron chi connectivity index (χ2n) is 10.5. The molecule has 212 valence electrons. The number of aliphatic hydroxyl groups is 1. The van der Waals surface area contributed by atoms with Gasteiger partial charge in [-0.3, -0.25) is 14.4 Å². The first kappa shape index (κ1) is 27.1. The highest BCUT2D eigenvalue weighted by Crippen LogP contribution is 2.33. The van der Waals surface area contributed by atoms with E-state index in [4.69, 9.17) is 9.72 Å². The zero-order chi connectivity index (χ0) is 28.0. The molecular weight excluding hydrogens is 518 g/mol. The first-order valence-corrected chi connectivity index (χ1v) is 14.2. The number of aromatic nitrogens is 4. The van der Waals surface area contributed by atoms with Gasteiger partial charge in [0, 0.05) is 54.3 Å². The van der Waals surface area contributed by atoms with Gasteiger partial charge in [0.05, 0.1) is 44.0 Å². The molecule has 1 saturated heterocycles. The van der Waals surface area contributed by atoms with E-state index in [9.17, 15) is 9.90 Å². The maximum absolute atomic E-state index is 12.2. The second kappa shape index (κ2) is 12.6. The van der Waals surface area contributed by atoms with Crippen molar-refractivity contribution in [1.82, 2.24) is 24.6 Å². The third-order valence-electron chi connectivity index (χ3n) is 7.46. The van der Waals surface area contributed by atoms with Crippen molar-refractivity contribution < 1.29 is 14.6 Å². The van der Waals surface area contributed by atoms with E-state index in [0.29, 0.717) is 12.5 Å². The zero-order valence-electron chi connectivity index (χ0n) is 23.0. The molecule has 2 aromatic carbocycles. The van der Waals surface area contributed by atoms with Crippen LogP contribution in [0.1, 0.15) is 18.4 Å². The van der Waals surface area contributed by atoms with Crippen molar-refractivity contribution in [2.75, 3.05) is 50.1 Å². The number of carbonyl (C=O) groups excluding carboxylic acids is 1. The van der Waals surface area contributed by atoms with Crippen LogP contribution in [0.3, 0.4) is 0 Å². The van der Waals surface area contributed by atoms with Crippen molar-refractivity contribution >= 4 is 23.2 Å². The number of anilines is 3. The maximum Gasteiger partial charge on any atom is 0.227 e. The zero-order valence-corrected chi connectivity index (χ0v) is 23.0. The number of rotatable bonds is 11. The van der Waals surface area contributed by atoms with Gasteiger partial charge in [0.2, 0.25) is 11.9 Å². The van der Waals surface area contributed by atoms with E-state index in [1.165, 1.54) is 5.56 Å². The van der Waals surface area contributed by atoms with Crippen molar-refractivity contribution in [3.05, 3.63) is 72.6 Å². The molecule has 0 unspecified atom stereocenters. The second-order valence-corrected chi connectivity index (χ2v) is 10.5. The molecule has 3 N–H and O–H groups in total. The molecule has 41 heavy (non-hydrogen) atoms. The van der Waals surface area contributed by atoms with Crippen LogP contribution in [0, 0.1) is 5.92 Å². The van der Waals surface area contributed by atoms with Gasteiger partial charge in [-0.2, -0.15) is 5.10 Å². The van der Waals surface area contributed by atoms with Crippen LogP contribution in [-0.4, -0.2) is 75.1 Å². The van der Waals surface area contributed by atoms with Crippen molar-refractivity contribution in [2.24, 2.45) is 5.92 Å². The first-order valence-electron chi connectivity index (χ1n) is 14.2. The van der Waals surface area contributed by atoms with E-state index >= 15 is 0 Å². The smallest absolute Gasteiger partial charge is 0.227 e. The number of hydrogen-bond acceptors (Lipinski definition) is 8. The normalized spacial score (nSPS) is 15.5. The van der Waals surface area contributed by atoms with E-state index in [1.54, 1.807) is 17.1 Å². The molecule has 1 aliphatic heterocycles. The Hall–Kier alpha value is -4.12. The molecule has 1 aliphatic carbocycles. The van der Waals surface area contributed by atoms with Crippen molar-refractivity contribution in [3.63, 3.8) is 0 Å². The lowest BCUT2D eigenvalue weighted by Gasteiger charge is -2.26. The number of aliphatic hydroxyl groups excluding tert-OH is 1. The molecule has 2 aromatic heterocycles. The first-order chi connectivity index (χ1) is 20.2. The molecule has 0 spiro atoms. The van der Waals surface area contributed by atoms with Gasteiger partial charge >= 0.3 is 0 Å². The highest BCUT2D eigenvalue weighted by Gasteiger charge is 2.29. The summed E-state index contributed by atoms with van der Waals surface area (Å²) >= 11 is 0. The topological polar surface area (TPSA) is 117 Å². The quantitative estimate of drug-likeness (QED) is 0.256. The molecule has 2 fully saturated rings. The molecule has 0 bridgehead atoms. The van der Waals surface area contributed by atoms with Gasteiger partial charge < -0.3 is 20.5 Å². The molecule has 1 amide bonds. The highest BCUT2D eigenvalue weighted by molar-refractivity contribution is 5.94. The standard InChI is InChI=1S/C31H35N7O3/c39-17-14-38-29(23-6-8-25(9-7-23)34-30(40)24-4-5-24)27(21-33-38)28-10-12-32-31(36-28)35-26-3-1-2-22(20-26)11-13-37-15-18-41-19-16-37/h1-3,6-10,12,20-21,24,39H,4-5,11,13-19H2,(H,34,40)(H,32,35,36). The summed E-state index contributed by atoms with van der Waals surface area (Å²) in [5.41, 5.74) is 6.25. The number of ether oxygens (including phenoxy) is 1. The van der Waals surface area contributed by atoms with Crippen LogP contribution in [0.25, 0.3) is 22.5 Å². The Balaban J connectivity index is 1.20. The van der Waals surface area contributed by atoms with Gasteiger partial charge in [-0.05, 0) is 55.2 Å². The molecule has 0 radical (unpaired) electrons. The van der Waals surface area contributed by atoms with Gasteiger partial charge in [0.25, 0.3) is 0 Å². The van der Waals surface area contributed by atoms with Crippen molar-refractivity contribution in [1.29, 1.82) is 0 Å². The van der Waals surface area contributed by atoms with Crippen molar-refractivity contribution in [3.8, 4) is 22.5 Å². The minimum atomic E-state index is -0.0396. The van der Waals surface area contributed by atoms with Gasteiger partial charge in [0.15, 0.2) is 0 Å². The van der Waals surface area contributed by atoms with E-state index < -0.39 is 0 Å². The summed E-state index contributed by atoms with van der Waals surface area (Å²) in [6.45, 7) is 4.89. The van der Waals surface area contributed by atoms with Gasteiger partial charge in [-0.15, -0.1) is 0 Å². The summed E-state index contributed by atoms with van der Waals surface area (Å²) in [5.74, 6) is 0.713. The number of nitrogens with one attached hydrogen (secondary N) is 2. The average molecular weight is 554 g/mol. The predicted octanol–water partition coefficient (Wildman–Crippen LogP) is 3.97. The summed E-state index contributed by atoms with van der Waals surface area (Å²) in [6.07, 6.45) is 6.39. The number of amides is 1. The van der Waals surface area contributed by atoms with Crippen LogP contribution in [0.5, 0.6) is 0 Å². The Morgan fingerprint density at radius 2 is 1.85 bits per heavy atom. The number of benzene rings is 2. The molecule has 6 rings (SSSR count). The predicted molar refractivity (Wildman–Crippen MR) is 158 cm³/mol. The van der Waals surface area contributed by atoms with Crippen LogP contribution in [-0.2, 0) is 22.5 Å². The molecule has 2 aliphatic rings. The fourth-order valence-electron chi connectivity index (χ4n) is 5.06. The van der Waals surface area contributed by atoms with Crippen LogP contribution in [0.4, 0.5) is 17.3 Å². The molecule has 4 aromatic rings. The van der Waals surface area contributed by atoms with Crippen LogP contribution < -0.4 is 10.6 Å². The molecule has 1 saturated carbocycles. The lowest BCUT2D eigenvalue weighted by molar-refractivity contribution is -0.117. The summed E-state index contributed by atoms with van der Waals surface area (Å²) < 4.78 is 7.23. The lowest BCUT2D eigenvalue weighted by atomic mass is 10.0. The summed E-state index contributed by atoms with van der Waals surface area (Å²) in [7, 11) is 0. The third kappa shape index (κ3) is 6.79. The SMILES string of the molecule is O=C(Nc1ccc(-c2c(-c3ccnc(Nc4cccc(CCN5CCOCC5)c4)n3)cnn2CCO)cc1)C1CC1. The Bertz CT molecular complexity index is 1480. The third-order valence-corrected chi connectivity index (χ3v) is 7.46. The van der Waals surface area contributed by atoms with E-state index in [1.807, 2.05) is 36.4 Å². The number of hydrogen-bond donors (Lipinski definition) is 3. The fourth-order valence-corrected chi connectivity index (χ4v) is 5.06. The van der Waals surface area contributed by atoms with E-state index in [2.05, 4.69) is 43.8 Å². The fraction of sp³-hybridized carbons (Fsp3) is 0.355. The Kier molecular flexibility index (Phi) is 8.31. The van der Waals surface area contributed by atoms with E-state index in [-0.39, 0.29) is 18.4 Å². The minimum absolute atomic E-state index is 0.0396. The average Bonchev–Trinajstić information content (AvgIpc) is 3.78. The monoisotopic (exact) mass is 553 g/mol. The number of carbonyl (C=O) groups is 1. The largest absolute Gasteiger partial charge is 0.394 e. The highest BCUT2D eigenvalue weighted by atomic mass is 16.5. The summed E-state index contributed by atoms with van der Waals surface area (Å²) in [4.78, 5) is 23.9. The molecule has 0 atom stereocenters. The van der Waals surface area contributed by atoms with Crippen molar-refractivity contribution in [2.45, 2.75) is 25.8 Å². The van der Waals surface area contributed by atoms with E-state index in [0.717, 1.165) is 86.0 Å². The van der Waals surface area contributed by atoms with Gasteiger partial charge in [-0.1, -0.05) is 24.3 Å². The number of morpholine rings is 1. The molecule has 3 heterocycles. The summed E-state index contributed by atoms with van der Waals surface area (Å²) in [6, 6.07) is 17.9. The Morgan fingerprint density at radius 3 is 2.63 bits per heavy atom. The maximum atomic E-state index is 12.2. The number of nitrogens with zero attached hydrogens (tertiary/aromatic N) is 5. The minimum Gasteiger partial charge on any atom is -0.394 e. The van der Waals surface area contributed by atoms with Crippen LogP contribution >= 0.6 is 0 Å². The summed E-state index contributed by atoms with van der Waals surface area (Å²) in [5, 5.41) is 20.5. The van der Waals surface area contributed by atoms with Gasteiger partial charge in [0.1, 0.15) is 0 Å². The van der Waals surface area contributed by atoms with Crippen LogP contribution in [0.15, 0.2) is 67.0 Å². The molecule has 10 heteroatoms.